The van der Waals surface area contributed by atoms with Crippen molar-refractivity contribution in [2.45, 2.75) is 19.4 Å². The van der Waals surface area contributed by atoms with Crippen molar-refractivity contribution in [3.63, 3.8) is 0 Å². The average Bonchev–Trinajstić information content (AvgIpc) is 2.97. The molecule has 0 saturated carbocycles. The Kier molecular flexibility index (Phi) is 4.49. The lowest BCUT2D eigenvalue weighted by molar-refractivity contribution is 0.0704. The summed E-state index contributed by atoms with van der Waals surface area (Å²) in [6.07, 6.45) is 0.419. The molecule has 4 nitrogen and oxygen atoms in total. The highest BCUT2D eigenvalue weighted by Gasteiger charge is 2.23. The molecule has 2 heterocycles. The van der Waals surface area contributed by atoms with E-state index >= 15 is 0 Å². The Morgan fingerprint density at radius 1 is 1.50 bits per heavy atom. The molecule has 3 rings (SSSR count). The van der Waals surface area contributed by atoms with Gasteiger partial charge in [-0.3, -0.25) is 4.79 Å². The number of piperazine rings is 1. The third-order valence-electron chi connectivity index (χ3n) is 3.73. The van der Waals surface area contributed by atoms with Crippen LogP contribution < -0.4 is 5.32 Å². The Morgan fingerprint density at radius 3 is 3.09 bits per heavy atom. The number of carbonyl (C=O) groups excluding carboxylic acids is 1. The van der Waals surface area contributed by atoms with E-state index in [-0.39, 0.29) is 11.7 Å². The lowest BCUT2D eigenvalue weighted by Gasteiger charge is -2.31. The largest absolute Gasteiger partial charge is 0.334 e. The molecule has 0 unspecified atom stereocenters. The number of carbonyl (C=O) groups is 1. The molecule has 1 atom stereocenters. The van der Waals surface area contributed by atoms with Crippen molar-refractivity contribution in [2.75, 3.05) is 19.6 Å². The Bertz CT molecular complexity index is 673. The molecule has 1 saturated heterocycles. The molecule has 22 heavy (non-hydrogen) atoms. The Morgan fingerprint density at radius 2 is 2.32 bits per heavy atom. The molecule has 0 radical (unpaired) electrons. The maximum atomic E-state index is 13.7. The highest BCUT2D eigenvalue weighted by atomic mass is 32.1. The smallest absolute Gasteiger partial charge is 0.273 e. The monoisotopic (exact) mass is 319 g/mol. The van der Waals surface area contributed by atoms with Crippen molar-refractivity contribution in [3.8, 4) is 0 Å². The fourth-order valence-electron chi connectivity index (χ4n) is 2.57. The molecule has 0 aliphatic carbocycles. The van der Waals surface area contributed by atoms with E-state index in [1.54, 1.807) is 23.6 Å². The fraction of sp³-hybridized carbons (Fsp3) is 0.375. The Balaban J connectivity index is 1.71. The average molecular weight is 319 g/mol. The molecule has 1 N–H and O–H groups in total. The number of hydrogen-bond acceptors (Lipinski definition) is 4. The second-order valence-corrected chi connectivity index (χ2v) is 6.44. The van der Waals surface area contributed by atoms with Crippen LogP contribution in [0.3, 0.4) is 0 Å². The second-order valence-electron chi connectivity index (χ2n) is 5.50. The fourth-order valence-corrected chi connectivity index (χ4v) is 3.36. The van der Waals surface area contributed by atoms with Crippen molar-refractivity contribution in [1.82, 2.24) is 15.2 Å². The van der Waals surface area contributed by atoms with Crippen LogP contribution in [0.5, 0.6) is 0 Å². The highest BCUT2D eigenvalue weighted by molar-refractivity contribution is 7.09. The van der Waals surface area contributed by atoms with Gasteiger partial charge in [0.2, 0.25) is 0 Å². The first-order chi connectivity index (χ1) is 10.6. The molecule has 0 spiro atoms. The number of rotatable bonds is 3. The van der Waals surface area contributed by atoms with Crippen LogP contribution >= 0.6 is 11.3 Å². The number of halogens is 1. The van der Waals surface area contributed by atoms with Gasteiger partial charge in [-0.05, 0) is 18.6 Å². The standard InChI is InChI=1S/C16H18FN3OS/c1-11-9-20(7-6-18-11)16(21)14-10-22-15(19-14)8-12-4-2-3-5-13(12)17/h2-5,10-11,18H,6-9H2,1H3/t11-/m1/s1. The quantitative estimate of drug-likeness (QED) is 0.944. The summed E-state index contributed by atoms with van der Waals surface area (Å²) in [6.45, 7) is 4.26. The van der Waals surface area contributed by atoms with E-state index in [1.165, 1.54) is 17.4 Å². The van der Waals surface area contributed by atoms with E-state index in [1.807, 2.05) is 4.90 Å². The van der Waals surface area contributed by atoms with Crippen molar-refractivity contribution in [1.29, 1.82) is 0 Å². The highest BCUT2D eigenvalue weighted by Crippen LogP contribution is 2.18. The molecule has 1 amide bonds. The molecule has 1 aliphatic rings. The van der Waals surface area contributed by atoms with Crippen LogP contribution in [0.4, 0.5) is 4.39 Å². The number of nitrogens with one attached hydrogen (secondary N) is 1. The molecule has 6 heteroatoms. The molecule has 1 aromatic carbocycles. The van der Waals surface area contributed by atoms with E-state index in [0.29, 0.717) is 36.8 Å². The third-order valence-corrected chi connectivity index (χ3v) is 4.58. The zero-order chi connectivity index (χ0) is 15.5. The molecule has 0 bridgehead atoms. The van der Waals surface area contributed by atoms with Crippen molar-refractivity contribution < 1.29 is 9.18 Å². The van der Waals surface area contributed by atoms with Crippen LogP contribution in [0, 0.1) is 5.82 Å². The summed E-state index contributed by atoms with van der Waals surface area (Å²) in [5.41, 5.74) is 1.07. The van der Waals surface area contributed by atoms with Gasteiger partial charge >= 0.3 is 0 Å². The van der Waals surface area contributed by atoms with E-state index in [0.717, 1.165) is 11.6 Å². The zero-order valence-electron chi connectivity index (χ0n) is 12.4. The lowest BCUT2D eigenvalue weighted by atomic mass is 10.1. The minimum atomic E-state index is -0.235. The maximum Gasteiger partial charge on any atom is 0.273 e. The van der Waals surface area contributed by atoms with Crippen LogP contribution in [0.25, 0.3) is 0 Å². The first-order valence-electron chi connectivity index (χ1n) is 7.34. The number of benzene rings is 1. The number of thiazole rings is 1. The molecular formula is C16H18FN3OS. The van der Waals surface area contributed by atoms with E-state index in [4.69, 9.17) is 0 Å². The van der Waals surface area contributed by atoms with Gasteiger partial charge in [-0.1, -0.05) is 18.2 Å². The second kappa shape index (κ2) is 6.54. The normalized spacial score (nSPS) is 18.5. The first kappa shape index (κ1) is 15.1. The topological polar surface area (TPSA) is 45.2 Å². The molecule has 116 valence electrons. The predicted molar refractivity (Wildman–Crippen MR) is 84.7 cm³/mol. The number of nitrogens with zero attached hydrogens (tertiary/aromatic N) is 2. The minimum Gasteiger partial charge on any atom is -0.334 e. The van der Waals surface area contributed by atoms with Gasteiger partial charge in [-0.15, -0.1) is 11.3 Å². The SMILES string of the molecule is C[C@@H]1CN(C(=O)c2csc(Cc3ccccc3F)n2)CCN1. The van der Waals surface area contributed by atoms with Crippen molar-refractivity contribution in [2.24, 2.45) is 0 Å². The number of aromatic nitrogens is 1. The summed E-state index contributed by atoms with van der Waals surface area (Å²) in [5, 5.41) is 5.84. The lowest BCUT2D eigenvalue weighted by Crippen LogP contribution is -2.51. The summed E-state index contributed by atoms with van der Waals surface area (Å²) in [5.74, 6) is -0.272. The van der Waals surface area contributed by atoms with Gasteiger partial charge in [0, 0.05) is 37.5 Å². The van der Waals surface area contributed by atoms with Gasteiger partial charge < -0.3 is 10.2 Å². The van der Waals surface area contributed by atoms with Gasteiger partial charge in [-0.25, -0.2) is 9.37 Å². The van der Waals surface area contributed by atoms with Crippen molar-refractivity contribution >= 4 is 17.2 Å². The first-order valence-corrected chi connectivity index (χ1v) is 8.22. The summed E-state index contributed by atoms with van der Waals surface area (Å²) in [4.78, 5) is 18.7. The summed E-state index contributed by atoms with van der Waals surface area (Å²) >= 11 is 1.41. The number of hydrogen-bond donors (Lipinski definition) is 1. The van der Waals surface area contributed by atoms with Crippen LogP contribution in [-0.2, 0) is 6.42 Å². The molecular weight excluding hydrogens is 301 g/mol. The van der Waals surface area contributed by atoms with Crippen molar-refractivity contribution in [3.05, 3.63) is 51.7 Å². The Hall–Kier alpha value is -1.79. The predicted octanol–water partition coefficient (Wildman–Crippen LogP) is 2.31. The van der Waals surface area contributed by atoms with Gasteiger partial charge in [0.15, 0.2) is 0 Å². The van der Waals surface area contributed by atoms with Gasteiger partial charge in [0.05, 0.1) is 5.01 Å². The summed E-state index contributed by atoms with van der Waals surface area (Å²) < 4.78 is 13.7. The van der Waals surface area contributed by atoms with Crippen LogP contribution in [0.15, 0.2) is 29.6 Å². The maximum absolute atomic E-state index is 13.7. The van der Waals surface area contributed by atoms with Crippen LogP contribution in [0.1, 0.15) is 28.0 Å². The molecule has 2 aromatic rings. The van der Waals surface area contributed by atoms with Crippen LogP contribution in [0.2, 0.25) is 0 Å². The van der Waals surface area contributed by atoms with E-state index in [9.17, 15) is 9.18 Å². The molecule has 1 fully saturated rings. The van der Waals surface area contributed by atoms with Gasteiger partial charge in [0.1, 0.15) is 11.5 Å². The summed E-state index contributed by atoms with van der Waals surface area (Å²) in [6, 6.07) is 6.96. The number of amides is 1. The van der Waals surface area contributed by atoms with E-state index < -0.39 is 0 Å². The third kappa shape index (κ3) is 3.34. The molecule has 1 aromatic heterocycles. The summed E-state index contributed by atoms with van der Waals surface area (Å²) in [7, 11) is 0. The zero-order valence-corrected chi connectivity index (χ0v) is 13.2. The minimum absolute atomic E-state index is 0.0376. The van der Waals surface area contributed by atoms with Crippen LogP contribution in [-0.4, -0.2) is 41.5 Å². The van der Waals surface area contributed by atoms with Gasteiger partial charge in [0.25, 0.3) is 5.91 Å². The van der Waals surface area contributed by atoms with Gasteiger partial charge in [-0.2, -0.15) is 0 Å². The Labute approximate surface area is 133 Å². The van der Waals surface area contributed by atoms with E-state index in [2.05, 4.69) is 17.2 Å². The molecule has 1 aliphatic heterocycles.